The number of nitrogens with one attached hydrogen (secondary N) is 1. The van der Waals surface area contributed by atoms with Crippen molar-refractivity contribution >= 4 is 20.9 Å². The van der Waals surface area contributed by atoms with Crippen molar-refractivity contribution in [1.82, 2.24) is 5.32 Å². The third kappa shape index (κ3) is 4.62. The first-order chi connectivity index (χ1) is 10.1. The Bertz CT molecular complexity index is 622. The summed E-state index contributed by atoms with van der Waals surface area (Å²) in [6.45, 7) is 12.2. The number of nitrogens with zero attached hydrogens (tertiary/aromatic N) is 2. The second-order valence-corrected chi connectivity index (χ2v) is 11.0. The van der Waals surface area contributed by atoms with Crippen molar-refractivity contribution in [3.63, 3.8) is 0 Å². The van der Waals surface area contributed by atoms with Crippen molar-refractivity contribution in [2.24, 2.45) is 0 Å². The molecule has 0 saturated carbocycles. The average molecular weight is 345 g/mol. The van der Waals surface area contributed by atoms with Gasteiger partial charge in [0, 0.05) is 23.9 Å². The molecule has 1 saturated heterocycles. The van der Waals surface area contributed by atoms with E-state index in [4.69, 9.17) is 10.3 Å². The van der Waals surface area contributed by atoms with Gasteiger partial charge in [-0.1, -0.05) is 0 Å². The number of carbonyl (C=O) groups is 1. The van der Waals surface area contributed by atoms with Crippen LogP contribution < -0.4 is 5.32 Å². The van der Waals surface area contributed by atoms with E-state index in [1.165, 1.54) is 20.8 Å². The maximum atomic E-state index is 12.3. The highest BCUT2D eigenvalue weighted by atomic mass is 32.2. The Hall–Kier alpha value is -1.24. The number of piperidine rings is 1. The lowest BCUT2D eigenvalue weighted by Gasteiger charge is -2.45. The van der Waals surface area contributed by atoms with E-state index in [1.54, 1.807) is 0 Å². The first-order valence-electron chi connectivity index (χ1n) is 7.58. The SMILES string of the molecule is CC1(C)CC(OC(=O)C(=[N+]=[N-])S(=O)(=O)C(C)(C)C)CC(C)(C)N1. The van der Waals surface area contributed by atoms with Gasteiger partial charge in [0.25, 0.3) is 9.84 Å². The maximum Gasteiger partial charge on any atom is 0.489 e. The summed E-state index contributed by atoms with van der Waals surface area (Å²) < 4.78 is 28.7. The van der Waals surface area contributed by atoms with Gasteiger partial charge in [0.2, 0.25) is 0 Å². The van der Waals surface area contributed by atoms with Gasteiger partial charge in [-0.2, -0.15) is 0 Å². The van der Waals surface area contributed by atoms with E-state index in [2.05, 4.69) is 10.1 Å². The summed E-state index contributed by atoms with van der Waals surface area (Å²) in [5.74, 6) is -1.11. The Balaban J connectivity index is 3.01. The molecule has 0 bridgehead atoms. The molecule has 1 aliphatic rings. The summed E-state index contributed by atoms with van der Waals surface area (Å²) in [4.78, 5) is 14.9. The Morgan fingerprint density at radius 2 is 1.61 bits per heavy atom. The van der Waals surface area contributed by atoms with Crippen molar-refractivity contribution in [2.45, 2.75) is 83.2 Å². The second-order valence-electron chi connectivity index (χ2n) is 8.35. The van der Waals surface area contributed by atoms with Crippen LogP contribution >= 0.6 is 0 Å². The lowest BCUT2D eigenvalue weighted by molar-refractivity contribution is -0.148. The van der Waals surface area contributed by atoms with Gasteiger partial charge < -0.3 is 15.6 Å². The maximum absolute atomic E-state index is 12.3. The first kappa shape index (κ1) is 19.8. The fraction of sp³-hybridized carbons (Fsp3) is 0.867. The number of rotatable bonds is 1. The normalized spacial score (nSPS) is 21.3. The van der Waals surface area contributed by atoms with Gasteiger partial charge in [0.05, 0.1) is 4.75 Å². The molecule has 0 radical (unpaired) electrons. The second kappa shape index (κ2) is 6.00. The molecule has 7 nitrogen and oxygen atoms in total. The molecular formula is C15H27N3O4S. The van der Waals surface area contributed by atoms with Crippen LogP contribution in [0.4, 0.5) is 0 Å². The van der Waals surface area contributed by atoms with E-state index in [0.717, 1.165) is 0 Å². The van der Waals surface area contributed by atoms with Gasteiger partial charge in [-0.05, 0) is 48.5 Å². The van der Waals surface area contributed by atoms with Crippen LogP contribution in [-0.4, -0.2) is 46.1 Å². The van der Waals surface area contributed by atoms with Gasteiger partial charge in [0.1, 0.15) is 6.10 Å². The fourth-order valence-corrected chi connectivity index (χ4v) is 3.96. The van der Waals surface area contributed by atoms with Crippen molar-refractivity contribution in [3.05, 3.63) is 5.53 Å². The van der Waals surface area contributed by atoms with Crippen molar-refractivity contribution in [2.75, 3.05) is 0 Å². The van der Waals surface area contributed by atoms with Gasteiger partial charge in [-0.25, -0.2) is 13.2 Å². The zero-order valence-electron chi connectivity index (χ0n) is 14.9. The van der Waals surface area contributed by atoms with Crippen LogP contribution in [0.3, 0.4) is 0 Å². The number of ether oxygens (including phenoxy) is 1. The molecule has 8 heteroatoms. The van der Waals surface area contributed by atoms with Gasteiger partial charge in [-0.3, -0.25) is 0 Å². The molecule has 23 heavy (non-hydrogen) atoms. The molecule has 0 aromatic rings. The summed E-state index contributed by atoms with van der Waals surface area (Å²) in [6.07, 6.45) is 0.619. The molecule has 1 heterocycles. The Morgan fingerprint density at radius 1 is 1.17 bits per heavy atom. The molecule has 1 aliphatic heterocycles. The highest BCUT2D eigenvalue weighted by Gasteiger charge is 2.48. The summed E-state index contributed by atoms with van der Waals surface area (Å²) in [6, 6.07) is 0. The third-order valence-corrected chi connectivity index (χ3v) is 6.12. The summed E-state index contributed by atoms with van der Waals surface area (Å²) >= 11 is 0. The molecule has 1 rings (SSSR count). The molecular weight excluding hydrogens is 318 g/mol. The van der Waals surface area contributed by atoms with Crippen LogP contribution in [0.15, 0.2) is 0 Å². The lowest BCUT2D eigenvalue weighted by atomic mass is 9.81. The number of carbonyl (C=O) groups excluding carboxylic acids is 1. The molecule has 0 amide bonds. The van der Waals surface area contributed by atoms with Crippen molar-refractivity contribution in [1.29, 1.82) is 0 Å². The molecule has 1 N–H and O–H groups in total. The van der Waals surface area contributed by atoms with E-state index in [1.807, 2.05) is 27.7 Å². The largest absolute Gasteiger partial charge is 0.489 e. The Kier molecular flexibility index (Phi) is 5.17. The van der Waals surface area contributed by atoms with Gasteiger partial charge in [-0.15, -0.1) is 4.79 Å². The number of esters is 1. The average Bonchev–Trinajstić information content (AvgIpc) is 2.22. The predicted molar refractivity (Wildman–Crippen MR) is 87.7 cm³/mol. The Labute approximate surface area is 138 Å². The third-order valence-electron chi connectivity index (χ3n) is 3.75. The predicted octanol–water partition coefficient (Wildman–Crippen LogP) is 1.68. The minimum absolute atomic E-state index is 0.258. The monoisotopic (exact) mass is 345 g/mol. The van der Waals surface area contributed by atoms with E-state index >= 15 is 0 Å². The molecule has 0 spiro atoms. The van der Waals surface area contributed by atoms with Crippen LogP contribution in [0, 0.1) is 0 Å². The minimum atomic E-state index is -4.09. The van der Waals surface area contributed by atoms with E-state index in [0.29, 0.717) is 12.8 Å². The molecule has 0 aromatic heterocycles. The molecule has 0 aromatic carbocycles. The number of sulfone groups is 1. The van der Waals surface area contributed by atoms with E-state index in [9.17, 15) is 13.2 Å². The van der Waals surface area contributed by atoms with Gasteiger partial charge in [0.15, 0.2) is 0 Å². The topological polar surface area (TPSA) is 109 Å². The van der Waals surface area contributed by atoms with Crippen molar-refractivity contribution in [3.8, 4) is 0 Å². The highest BCUT2D eigenvalue weighted by Crippen LogP contribution is 2.30. The smallest absolute Gasteiger partial charge is 0.453 e. The summed E-state index contributed by atoms with van der Waals surface area (Å²) in [5, 5.41) is 2.50. The zero-order chi connectivity index (χ0) is 18.3. The molecule has 0 aliphatic carbocycles. The van der Waals surface area contributed by atoms with Crippen LogP contribution in [-0.2, 0) is 19.4 Å². The zero-order valence-corrected chi connectivity index (χ0v) is 15.7. The summed E-state index contributed by atoms with van der Waals surface area (Å²) in [7, 11) is -4.09. The highest BCUT2D eigenvalue weighted by molar-refractivity contribution is 8.09. The van der Waals surface area contributed by atoms with E-state index < -0.39 is 31.7 Å². The molecule has 0 unspecified atom stereocenters. The van der Waals surface area contributed by atoms with Crippen LogP contribution in [0.2, 0.25) is 0 Å². The van der Waals surface area contributed by atoms with Gasteiger partial charge >= 0.3 is 11.0 Å². The van der Waals surface area contributed by atoms with Crippen LogP contribution in [0.5, 0.6) is 0 Å². The van der Waals surface area contributed by atoms with E-state index in [-0.39, 0.29) is 11.1 Å². The fourth-order valence-electron chi connectivity index (χ4n) is 3.01. The first-order valence-corrected chi connectivity index (χ1v) is 9.07. The van der Waals surface area contributed by atoms with Crippen molar-refractivity contribution < 1.29 is 22.7 Å². The lowest BCUT2D eigenvalue weighted by Crippen LogP contribution is -2.60. The molecule has 132 valence electrons. The number of hydrogen-bond donors (Lipinski definition) is 1. The van der Waals surface area contributed by atoms with Crippen LogP contribution in [0.1, 0.15) is 61.3 Å². The molecule has 0 atom stereocenters. The quantitative estimate of drug-likeness (QED) is 0.256. The van der Waals surface area contributed by atoms with Crippen LogP contribution in [0.25, 0.3) is 5.53 Å². The Morgan fingerprint density at radius 3 is 1.96 bits per heavy atom. The molecule has 1 fully saturated rings. The minimum Gasteiger partial charge on any atom is -0.453 e. The number of hydrogen-bond acceptors (Lipinski definition) is 5. The standard InChI is InChI=1S/C15H27N3O4S/c1-13(2,3)23(20,21)11(17-16)12(19)22-10-8-14(4,5)18-15(6,7)9-10/h10,18H,8-9H2,1-7H3. The summed E-state index contributed by atoms with van der Waals surface area (Å²) in [5.41, 5.74) is 8.51.